The third-order valence-electron chi connectivity index (χ3n) is 13.8. The summed E-state index contributed by atoms with van der Waals surface area (Å²) >= 11 is 0. The van der Waals surface area contributed by atoms with E-state index < -0.39 is 0 Å². The average Bonchev–Trinajstić information content (AvgIpc) is 4.22. The van der Waals surface area contributed by atoms with Crippen LogP contribution in [-0.4, -0.2) is 67.2 Å². The van der Waals surface area contributed by atoms with Gasteiger partial charge in [-0.2, -0.15) is 0 Å². The van der Waals surface area contributed by atoms with E-state index >= 15 is 0 Å². The van der Waals surface area contributed by atoms with Gasteiger partial charge in [-0.25, -0.2) is 0 Å². The number of carbonyl (C=O) groups excluding carboxylic acids is 2. The Morgan fingerprint density at radius 1 is 0.276 bits per heavy atom. The van der Waals surface area contributed by atoms with Gasteiger partial charge in [0.05, 0.1) is 0 Å². The molecule has 11 aromatic rings. The molecular formula is C68H60N2O6. The van der Waals surface area contributed by atoms with Gasteiger partial charge in [-0.15, -0.1) is 0 Å². The minimum Gasteiger partial charge on any atom is -0.507 e. The second-order valence-corrected chi connectivity index (χ2v) is 18.6. The van der Waals surface area contributed by atoms with E-state index in [1.165, 1.54) is 0 Å². The van der Waals surface area contributed by atoms with Crippen molar-refractivity contribution < 1.29 is 30.0 Å². The molecule has 378 valence electrons. The Kier molecular flexibility index (Phi) is 17.0. The monoisotopic (exact) mass is 1000 g/mol. The molecule has 0 radical (unpaired) electrons. The number of phenolic OH excluding ortho intramolecular Hbond substituents is 4. The third-order valence-corrected chi connectivity index (χ3v) is 13.8. The van der Waals surface area contributed by atoms with Crippen LogP contribution >= 0.6 is 0 Å². The van der Waals surface area contributed by atoms with E-state index in [0.717, 1.165) is 81.9 Å². The first-order valence-corrected chi connectivity index (χ1v) is 25.7. The van der Waals surface area contributed by atoms with Crippen LogP contribution in [0.4, 0.5) is 0 Å². The van der Waals surface area contributed by atoms with Crippen LogP contribution in [0.5, 0.6) is 23.0 Å². The van der Waals surface area contributed by atoms with Crippen molar-refractivity contribution in [2.45, 2.75) is 37.8 Å². The molecule has 3 saturated heterocycles. The average molecular weight is 1000 g/mol. The molecule has 0 spiro atoms. The number of aromatic hydroxyl groups is 4. The summed E-state index contributed by atoms with van der Waals surface area (Å²) in [5, 5.41) is 49.6. The van der Waals surface area contributed by atoms with E-state index in [2.05, 4.69) is 0 Å². The number of rotatable bonds is 2. The highest BCUT2D eigenvalue weighted by atomic mass is 16.3. The highest BCUT2D eigenvalue weighted by molar-refractivity contribution is 6.11. The van der Waals surface area contributed by atoms with Gasteiger partial charge in [0.25, 0.3) is 0 Å². The quantitative estimate of drug-likeness (QED) is 0.137. The molecule has 14 rings (SSSR count). The summed E-state index contributed by atoms with van der Waals surface area (Å²) < 4.78 is 0. The number of fused-ring (bicyclic) bond motifs is 6. The maximum absolute atomic E-state index is 12.0. The van der Waals surface area contributed by atoms with E-state index in [-0.39, 0.29) is 46.9 Å². The Morgan fingerprint density at radius 3 is 0.711 bits per heavy atom. The van der Waals surface area contributed by atoms with Crippen LogP contribution in [0.1, 0.15) is 25.7 Å². The molecule has 4 N–H and O–H groups in total. The Balaban J connectivity index is 0.000000121. The van der Waals surface area contributed by atoms with Crippen LogP contribution in [0, 0.1) is 0 Å². The normalized spacial score (nSPS) is 15.0. The molecule has 0 saturated carbocycles. The highest BCUT2D eigenvalue weighted by Gasteiger charge is 2.49. The van der Waals surface area contributed by atoms with E-state index in [4.69, 9.17) is 0 Å². The molecule has 3 heterocycles. The summed E-state index contributed by atoms with van der Waals surface area (Å²) in [7, 11) is 0. The summed E-state index contributed by atoms with van der Waals surface area (Å²) in [5.41, 5.74) is 2.69. The summed E-state index contributed by atoms with van der Waals surface area (Å²) in [6.45, 7) is 1.58. The molecule has 11 aromatic carbocycles. The fourth-order valence-corrected chi connectivity index (χ4v) is 10.2. The van der Waals surface area contributed by atoms with Gasteiger partial charge in [-0.05, 0) is 93.0 Å². The first-order chi connectivity index (χ1) is 37.3. The minimum absolute atomic E-state index is 0.114. The molecule has 2 atom stereocenters. The number of hydrogen-bond acceptors (Lipinski definition) is 6. The van der Waals surface area contributed by atoms with Crippen LogP contribution in [0.15, 0.2) is 255 Å². The van der Waals surface area contributed by atoms with E-state index in [1.54, 1.807) is 34.1 Å². The van der Waals surface area contributed by atoms with Crippen molar-refractivity contribution in [1.29, 1.82) is 0 Å². The highest BCUT2D eigenvalue weighted by Crippen LogP contribution is 2.46. The van der Waals surface area contributed by atoms with Gasteiger partial charge in [-0.3, -0.25) is 9.59 Å². The SMILES string of the molecule is O=C1[C@@H]2CCCN2C(=O)[C@H]2CCCN12.Oc1ccc2ccccc2c1-c1c(O)ccc2ccccc12.Oc1ccc2ccccc2c1-c1c(O)ccc2ccccc12.c1ccccc1.c1ccccc1.c1ccccc1. The standard InChI is InChI=1S/2C20H14O2.C10H14N2O2.3C6H6/c2*21-17-11-9-13-5-1-3-7-15(13)19(17)20-16-8-4-2-6-14(16)10-12-18(20)22;13-9-7-3-1-5-11(7)10(14)8-4-2-6-12(8)9;3*1-2-4-6-5-3-1/h2*1-12,21-22H;7-8H,1-6H2;3*1-6H/t;;7-,8+;;;. The zero-order chi connectivity index (χ0) is 52.6. The van der Waals surface area contributed by atoms with Crippen LogP contribution in [-0.2, 0) is 9.59 Å². The fourth-order valence-electron chi connectivity index (χ4n) is 10.2. The zero-order valence-corrected chi connectivity index (χ0v) is 42.1. The van der Waals surface area contributed by atoms with Crippen molar-refractivity contribution in [2.24, 2.45) is 0 Å². The summed E-state index contributed by atoms with van der Waals surface area (Å²) in [5.74, 6) is 1.08. The van der Waals surface area contributed by atoms with Crippen molar-refractivity contribution in [2.75, 3.05) is 13.1 Å². The second-order valence-electron chi connectivity index (χ2n) is 18.6. The van der Waals surface area contributed by atoms with Crippen LogP contribution in [0.25, 0.3) is 65.3 Å². The van der Waals surface area contributed by atoms with Gasteiger partial charge < -0.3 is 30.2 Å². The predicted molar refractivity (Wildman–Crippen MR) is 309 cm³/mol. The van der Waals surface area contributed by atoms with Crippen molar-refractivity contribution in [3.05, 3.63) is 255 Å². The van der Waals surface area contributed by atoms with Crippen molar-refractivity contribution in [3.8, 4) is 45.3 Å². The molecule has 0 bridgehead atoms. The number of benzene rings is 11. The molecule has 0 aromatic heterocycles. The molecule has 76 heavy (non-hydrogen) atoms. The van der Waals surface area contributed by atoms with Gasteiger partial charge in [0, 0.05) is 35.3 Å². The Labute approximate surface area is 443 Å². The lowest BCUT2D eigenvalue weighted by Crippen LogP contribution is -2.60. The van der Waals surface area contributed by atoms with Crippen LogP contribution < -0.4 is 0 Å². The Hall–Kier alpha value is -9.40. The first-order valence-electron chi connectivity index (χ1n) is 25.7. The number of amides is 2. The van der Waals surface area contributed by atoms with Gasteiger partial charge in [0.15, 0.2) is 0 Å². The molecule has 8 nitrogen and oxygen atoms in total. The van der Waals surface area contributed by atoms with Crippen molar-refractivity contribution in [3.63, 3.8) is 0 Å². The second kappa shape index (κ2) is 25.0. The lowest BCUT2D eigenvalue weighted by atomic mass is 9.92. The summed E-state index contributed by atoms with van der Waals surface area (Å²) in [6.07, 6.45) is 3.72. The lowest BCUT2D eigenvalue weighted by molar-refractivity contribution is -0.156. The molecule has 3 aliphatic rings. The van der Waals surface area contributed by atoms with E-state index in [0.29, 0.717) is 22.3 Å². The van der Waals surface area contributed by atoms with Gasteiger partial charge >= 0.3 is 0 Å². The number of hydrogen-bond donors (Lipinski definition) is 4. The lowest BCUT2D eigenvalue weighted by Gasteiger charge is -2.38. The number of phenols is 4. The summed E-state index contributed by atoms with van der Waals surface area (Å²) in [4.78, 5) is 27.5. The predicted octanol–water partition coefficient (Wildman–Crippen LogP) is 15.2. The van der Waals surface area contributed by atoms with Gasteiger partial charge in [-0.1, -0.05) is 231 Å². The fraction of sp³-hybridized carbons (Fsp3) is 0.118. The molecular weight excluding hydrogens is 941 g/mol. The third kappa shape index (κ3) is 11.8. The number of piperazine rings is 1. The largest absolute Gasteiger partial charge is 0.507 e. The zero-order valence-electron chi connectivity index (χ0n) is 42.1. The van der Waals surface area contributed by atoms with E-state index in [1.807, 2.05) is 231 Å². The molecule has 0 unspecified atom stereocenters. The molecule has 3 fully saturated rings. The van der Waals surface area contributed by atoms with Crippen molar-refractivity contribution >= 4 is 54.9 Å². The van der Waals surface area contributed by atoms with Gasteiger partial charge in [0.1, 0.15) is 35.1 Å². The Bertz CT molecular complexity index is 3140. The topological polar surface area (TPSA) is 122 Å². The maximum atomic E-state index is 12.0. The summed E-state index contributed by atoms with van der Waals surface area (Å²) in [6, 6.07) is 81.5. The molecule has 2 amide bonds. The van der Waals surface area contributed by atoms with Crippen molar-refractivity contribution in [1.82, 2.24) is 9.80 Å². The minimum atomic E-state index is -0.114. The first kappa shape index (κ1) is 51.5. The maximum Gasteiger partial charge on any atom is 0.246 e. The molecule has 3 aliphatic heterocycles. The van der Waals surface area contributed by atoms with E-state index in [9.17, 15) is 30.0 Å². The van der Waals surface area contributed by atoms with Crippen LogP contribution in [0.3, 0.4) is 0 Å². The van der Waals surface area contributed by atoms with Gasteiger partial charge in [0.2, 0.25) is 11.8 Å². The number of carbonyl (C=O) groups is 2. The molecule has 8 heteroatoms. The van der Waals surface area contributed by atoms with Crippen LogP contribution in [0.2, 0.25) is 0 Å². The Morgan fingerprint density at radius 2 is 0.487 bits per heavy atom. The molecule has 0 aliphatic carbocycles. The smallest absolute Gasteiger partial charge is 0.246 e. The number of nitrogens with zero attached hydrogens (tertiary/aromatic N) is 2.